The summed E-state index contributed by atoms with van der Waals surface area (Å²) in [4.78, 5) is 0. The van der Waals surface area contributed by atoms with Gasteiger partial charge in [0.2, 0.25) is 5.75 Å². The van der Waals surface area contributed by atoms with Crippen LogP contribution in [-0.4, -0.2) is 6.36 Å². The van der Waals surface area contributed by atoms with Crippen molar-refractivity contribution >= 4 is 0 Å². The highest BCUT2D eigenvalue weighted by molar-refractivity contribution is 5.48. The van der Waals surface area contributed by atoms with Crippen molar-refractivity contribution in [2.75, 3.05) is 0 Å². The van der Waals surface area contributed by atoms with Crippen LogP contribution < -0.4 is 9.47 Å². The lowest BCUT2D eigenvalue weighted by molar-refractivity contribution is -0.276. The number of alkyl halides is 5. The van der Waals surface area contributed by atoms with Crippen LogP contribution in [0, 0.1) is 58.6 Å². The van der Waals surface area contributed by atoms with Crippen molar-refractivity contribution in [2.24, 2.45) is 0 Å². The zero-order valence-electron chi connectivity index (χ0n) is 23.4. The van der Waals surface area contributed by atoms with E-state index < -0.39 is 81.1 Å². The summed E-state index contributed by atoms with van der Waals surface area (Å²) < 4.78 is 160. The molecule has 0 unspecified atom stereocenters. The van der Waals surface area contributed by atoms with Crippen LogP contribution in [0.5, 0.6) is 11.5 Å². The number of allylic oxidation sites excluding steroid dienone is 1. The molecule has 0 fully saturated rings. The molecular formula is C34H17F11O2. The molecule has 0 aromatic heterocycles. The first-order valence-electron chi connectivity index (χ1n) is 13.1. The van der Waals surface area contributed by atoms with Crippen molar-refractivity contribution in [2.45, 2.75) is 25.3 Å². The minimum Gasteiger partial charge on any atom is -0.429 e. The van der Waals surface area contributed by atoms with E-state index in [0.29, 0.717) is 48.7 Å². The molecule has 0 amide bonds. The minimum absolute atomic E-state index is 0.103. The molecule has 0 saturated carbocycles. The van der Waals surface area contributed by atoms with Gasteiger partial charge in [0, 0.05) is 17.2 Å². The van der Waals surface area contributed by atoms with Gasteiger partial charge in [-0.05, 0) is 66.9 Å². The smallest absolute Gasteiger partial charge is 0.429 e. The van der Waals surface area contributed by atoms with Gasteiger partial charge >= 0.3 is 12.5 Å². The van der Waals surface area contributed by atoms with E-state index in [0.717, 1.165) is 12.1 Å². The van der Waals surface area contributed by atoms with Crippen LogP contribution in [0.15, 0.2) is 73.3 Å². The summed E-state index contributed by atoms with van der Waals surface area (Å²) in [6.45, 7) is 3.58. The zero-order chi connectivity index (χ0) is 34.5. The van der Waals surface area contributed by atoms with Crippen LogP contribution in [-0.2, 0) is 12.5 Å². The fourth-order valence-electron chi connectivity index (χ4n) is 3.99. The van der Waals surface area contributed by atoms with Crippen LogP contribution in [0.25, 0.3) is 0 Å². The molecule has 0 heterocycles. The summed E-state index contributed by atoms with van der Waals surface area (Å²) in [6.07, 6.45) is -7.26. The van der Waals surface area contributed by atoms with Gasteiger partial charge in [-0.3, -0.25) is 0 Å². The molecule has 0 aliphatic carbocycles. The van der Waals surface area contributed by atoms with Gasteiger partial charge in [-0.1, -0.05) is 35.8 Å². The quantitative estimate of drug-likeness (QED) is 0.111. The Morgan fingerprint density at radius 3 is 1.60 bits per heavy atom. The van der Waals surface area contributed by atoms with E-state index in [1.807, 2.05) is 0 Å². The average Bonchev–Trinajstić information content (AvgIpc) is 2.96. The molecule has 0 N–H and O–H groups in total. The molecule has 0 aliphatic rings. The van der Waals surface area contributed by atoms with E-state index in [9.17, 15) is 48.3 Å². The molecule has 13 heteroatoms. The Kier molecular flexibility index (Phi) is 10.2. The van der Waals surface area contributed by atoms with E-state index in [4.69, 9.17) is 0 Å². The topological polar surface area (TPSA) is 18.5 Å². The minimum atomic E-state index is -5.38. The van der Waals surface area contributed by atoms with Crippen LogP contribution >= 0.6 is 0 Å². The Bertz CT molecular complexity index is 1910. The van der Waals surface area contributed by atoms with E-state index in [-0.39, 0.29) is 5.56 Å². The molecule has 0 radical (unpaired) electrons. The summed E-state index contributed by atoms with van der Waals surface area (Å²) in [6, 6.07) is 7.83. The number of aryl methyl sites for hydroxylation is 1. The van der Waals surface area contributed by atoms with Crippen LogP contribution in [0.1, 0.15) is 39.8 Å². The third-order valence-electron chi connectivity index (χ3n) is 6.09. The third-order valence-corrected chi connectivity index (χ3v) is 6.09. The van der Waals surface area contributed by atoms with Gasteiger partial charge in [-0.2, -0.15) is 8.78 Å². The Balaban J connectivity index is 1.51. The molecule has 4 aromatic rings. The maximum atomic E-state index is 14.8. The number of hydrogen-bond acceptors (Lipinski definition) is 2. The summed E-state index contributed by atoms with van der Waals surface area (Å²) >= 11 is 0. The van der Waals surface area contributed by atoms with E-state index >= 15 is 0 Å². The highest BCUT2D eigenvalue weighted by Crippen LogP contribution is 2.36. The summed E-state index contributed by atoms with van der Waals surface area (Å²) in [5, 5.41) is 0. The monoisotopic (exact) mass is 666 g/mol. The fourth-order valence-corrected chi connectivity index (χ4v) is 3.99. The lowest BCUT2D eigenvalue weighted by Crippen LogP contribution is -2.25. The van der Waals surface area contributed by atoms with Crippen LogP contribution in [0.4, 0.5) is 48.3 Å². The van der Waals surface area contributed by atoms with Crippen molar-refractivity contribution in [1.82, 2.24) is 0 Å². The summed E-state index contributed by atoms with van der Waals surface area (Å²) in [5.41, 5.74) is -2.71. The largest absolute Gasteiger partial charge is 0.573 e. The first-order valence-corrected chi connectivity index (χ1v) is 13.1. The van der Waals surface area contributed by atoms with Crippen molar-refractivity contribution < 1.29 is 57.8 Å². The first kappa shape index (κ1) is 34.4. The Labute approximate surface area is 260 Å². The van der Waals surface area contributed by atoms with Gasteiger partial charge < -0.3 is 9.47 Å². The molecule has 0 bridgehead atoms. The molecule has 4 aromatic carbocycles. The first-order chi connectivity index (χ1) is 22.1. The van der Waals surface area contributed by atoms with Crippen molar-refractivity contribution in [3.05, 3.63) is 142 Å². The molecule has 0 aliphatic heterocycles. The van der Waals surface area contributed by atoms with Crippen LogP contribution in [0.2, 0.25) is 0 Å². The number of hydrogen-bond donors (Lipinski definition) is 0. The summed E-state index contributed by atoms with van der Waals surface area (Å²) in [5.74, 6) is -2.81. The van der Waals surface area contributed by atoms with Crippen molar-refractivity contribution in [3.63, 3.8) is 0 Å². The second-order valence-electron chi connectivity index (χ2n) is 9.53. The van der Waals surface area contributed by atoms with Gasteiger partial charge in [0.15, 0.2) is 11.6 Å². The van der Waals surface area contributed by atoms with Gasteiger partial charge in [-0.15, -0.1) is 19.8 Å². The number of halogens is 11. The van der Waals surface area contributed by atoms with Crippen LogP contribution in [0.3, 0.4) is 0 Å². The highest BCUT2D eigenvalue weighted by atomic mass is 19.4. The lowest BCUT2D eigenvalue weighted by Gasteiger charge is -2.19. The fraction of sp³-hybridized carbons (Fsp3) is 0.118. The SMILES string of the molecule is C=CCCc1ccc(C#Cc2cc(F)c(C(F)(F)Oc3ccc(C#Cc4cc(F)c(OC(F)(F)F)c(F)c4)c(F)c3)c(F)c2)c(F)c1. The predicted molar refractivity (Wildman–Crippen MR) is 147 cm³/mol. The Morgan fingerprint density at radius 2 is 1.11 bits per heavy atom. The molecular weight excluding hydrogens is 649 g/mol. The average molecular weight is 666 g/mol. The molecule has 2 nitrogen and oxygen atoms in total. The second kappa shape index (κ2) is 13.9. The Morgan fingerprint density at radius 1 is 0.596 bits per heavy atom. The standard InChI is InChI=1S/C34H17F11O2/c1-2-3-4-19-5-8-22(25(35)13-19)9-6-20-14-27(37)31(28(38)15-20)33(41,42)46-24-12-11-23(26(36)18-24)10-7-21-16-29(39)32(30(40)17-21)47-34(43,44)45/h2,5,8,11-18H,1,3-4H2. The molecule has 242 valence electrons. The normalized spacial score (nSPS) is 11.2. The molecule has 0 spiro atoms. The van der Waals surface area contributed by atoms with Crippen molar-refractivity contribution in [3.8, 4) is 35.2 Å². The second-order valence-corrected chi connectivity index (χ2v) is 9.53. The van der Waals surface area contributed by atoms with Gasteiger partial charge in [0.25, 0.3) is 0 Å². The molecule has 4 rings (SSSR count). The van der Waals surface area contributed by atoms with E-state index in [1.165, 1.54) is 12.1 Å². The van der Waals surface area contributed by atoms with E-state index in [2.05, 4.69) is 39.7 Å². The third kappa shape index (κ3) is 8.85. The maximum absolute atomic E-state index is 14.8. The highest BCUT2D eigenvalue weighted by Gasteiger charge is 2.41. The van der Waals surface area contributed by atoms with Gasteiger partial charge in [0.05, 0.1) is 11.1 Å². The summed E-state index contributed by atoms with van der Waals surface area (Å²) in [7, 11) is 0. The predicted octanol–water partition coefficient (Wildman–Crippen LogP) is 9.47. The van der Waals surface area contributed by atoms with Crippen molar-refractivity contribution in [1.29, 1.82) is 0 Å². The molecule has 0 atom stereocenters. The maximum Gasteiger partial charge on any atom is 0.573 e. The lowest BCUT2D eigenvalue weighted by atomic mass is 10.1. The van der Waals surface area contributed by atoms with Gasteiger partial charge in [-0.25, -0.2) is 26.3 Å². The zero-order valence-corrected chi connectivity index (χ0v) is 23.4. The van der Waals surface area contributed by atoms with Gasteiger partial charge in [0.1, 0.15) is 34.6 Å². The molecule has 47 heavy (non-hydrogen) atoms. The number of rotatable bonds is 7. The number of ether oxygens (including phenoxy) is 2. The van der Waals surface area contributed by atoms with E-state index in [1.54, 1.807) is 12.1 Å². The Hall–Kier alpha value is -5.43. The molecule has 0 saturated heterocycles. The number of benzene rings is 4.